The minimum absolute atomic E-state index is 0. The van der Waals surface area contributed by atoms with E-state index in [-0.39, 0.29) is 123 Å². The van der Waals surface area contributed by atoms with Crippen molar-refractivity contribution < 1.29 is 157 Å². The molecular weight excluding hydrogens is 905 g/mol. The summed E-state index contributed by atoms with van der Waals surface area (Å²) in [5, 5.41) is 70.8. The van der Waals surface area contributed by atoms with E-state index in [1.54, 1.807) is 60.7 Å². The minimum atomic E-state index is -4.97. The Morgan fingerprint density at radius 2 is 1.10 bits per heavy atom. The number of aromatic nitrogens is 2. The van der Waals surface area contributed by atoms with Gasteiger partial charge in [-0.25, -0.2) is 4.68 Å². The first-order valence-electron chi connectivity index (χ1n) is 15.2. The second-order valence-electron chi connectivity index (χ2n) is 11.2. The number of aryl methyl sites for hydroxylation is 1. The molecule has 6 rings (SSSR count). The Labute approximate surface area is 414 Å². The Bertz CT molecular complexity index is 2920. The number of nitro groups is 2. The maximum absolute atomic E-state index is 12.6. The molecule has 0 saturated carbocycles. The summed E-state index contributed by atoms with van der Waals surface area (Å²) >= 11 is 0. The molecule has 0 fully saturated rings. The predicted molar refractivity (Wildman–Crippen MR) is 194 cm³/mol. The van der Waals surface area contributed by atoms with E-state index < -0.39 is 79.7 Å². The number of non-ortho nitro benzene ring substituents is 2. The average molecular weight is 930 g/mol. The molecule has 0 aliphatic rings. The maximum atomic E-state index is 12.6. The number of hydrogen-bond donors (Lipinski definition) is 6. The van der Waals surface area contributed by atoms with Gasteiger partial charge in [-0.1, -0.05) is 48.5 Å². The molecule has 6 aromatic rings. The third kappa shape index (κ3) is 12.6. The van der Waals surface area contributed by atoms with Gasteiger partial charge < -0.3 is 15.3 Å². The summed E-state index contributed by atoms with van der Waals surface area (Å²) in [6.45, 7) is 1.53. The molecular formula is C32H24CrN8Na3O14S2+3. The van der Waals surface area contributed by atoms with Gasteiger partial charge in [0.15, 0.2) is 17.2 Å². The number of aromatic amines is 1. The molecule has 0 unspecified atom stereocenters. The number of phenols is 3. The van der Waals surface area contributed by atoms with E-state index in [1.807, 2.05) is 0 Å². The first-order chi connectivity index (χ1) is 26.3. The molecule has 22 nitrogen and oxygen atoms in total. The van der Waals surface area contributed by atoms with Gasteiger partial charge in [0.05, 0.1) is 21.2 Å². The molecule has 0 saturated heterocycles. The molecule has 1 heterocycles. The topological polar surface area (TPSA) is 343 Å². The van der Waals surface area contributed by atoms with Crippen LogP contribution in [0.1, 0.15) is 5.69 Å². The van der Waals surface area contributed by atoms with Gasteiger partial charge in [0.2, 0.25) is 0 Å². The van der Waals surface area contributed by atoms with E-state index >= 15 is 0 Å². The van der Waals surface area contributed by atoms with Crippen LogP contribution in [-0.2, 0) is 37.6 Å². The van der Waals surface area contributed by atoms with Crippen molar-refractivity contribution >= 4 is 65.1 Å². The van der Waals surface area contributed by atoms with E-state index in [9.17, 15) is 57.2 Å². The Hall–Kier alpha value is -3.88. The fraction of sp³-hybridized carbons (Fsp3) is 0.0312. The molecule has 0 bridgehead atoms. The molecule has 28 heteroatoms. The molecule has 0 aliphatic carbocycles. The number of benzene rings is 5. The van der Waals surface area contributed by atoms with Gasteiger partial charge in [0, 0.05) is 47.0 Å². The SMILES string of the molecule is Cc1[nH]n(-c2ccccc2)c(=O)c1N=Nc1cc([N+](=O)[O-])cc(S(=O)(=O)O)c1O.O=[N+]([O-])c1cc(N=Nc2c(O)ccc3ccccc23)c(O)c(S(=O)(=O)O)c1.[Cr].[Na+].[Na+].[Na+]. The van der Waals surface area contributed by atoms with Crippen molar-refractivity contribution in [1.82, 2.24) is 9.78 Å². The zero-order valence-corrected chi connectivity index (χ0v) is 40.3. The van der Waals surface area contributed by atoms with Gasteiger partial charge in [-0.15, -0.1) is 20.5 Å². The average Bonchev–Trinajstić information content (AvgIpc) is 3.42. The van der Waals surface area contributed by atoms with Crippen molar-refractivity contribution in [3.8, 4) is 22.9 Å². The van der Waals surface area contributed by atoms with Crippen LogP contribution in [0.3, 0.4) is 0 Å². The van der Waals surface area contributed by atoms with Crippen LogP contribution in [0.4, 0.5) is 34.1 Å². The summed E-state index contributed by atoms with van der Waals surface area (Å²) in [5.41, 5.74) is -2.55. The van der Waals surface area contributed by atoms with E-state index in [0.717, 1.165) is 17.5 Å². The number of rotatable bonds is 9. The molecule has 1 aromatic heterocycles. The van der Waals surface area contributed by atoms with Crippen molar-refractivity contribution in [2.45, 2.75) is 16.7 Å². The Morgan fingerprint density at radius 3 is 1.57 bits per heavy atom. The molecule has 0 aliphatic heterocycles. The van der Waals surface area contributed by atoms with Gasteiger partial charge in [-0.3, -0.25) is 39.2 Å². The number of fused-ring (bicyclic) bond motifs is 1. The Kier molecular flexibility index (Phi) is 20.1. The van der Waals surface area contributed by atoms with E-state index in [2.05, 4.69) is 25.6 Å². The molecule has 6 N–H and O–H groups in total. The summed E-state index contributed by atoms with van der Waals surface area (Å²) in [4.78, 5) is 30.5. The number of azo groups is 2. The molecule has 0 spiro atoms. The van der Waals surface area contributed by atoms with Crippen molar-refractivity contribution in [2.24, 2.45) is 20.5 Å². The first kappa shape index (κ1) is 54.1. The first-order valence-corrected chi connectivity index (χ1v) is 18.0. The molecule has 60 heavy (non-hydrogen) atoms. The number of H-pyrrole nitrogens is 1. The van der Waals surface area contributed by atoms with Crippen LogP contribution < -0.4 is 94.2 Å². The number of nitrogens with zero attached hydrogens (tertiary/aromatic N) is 7. The second-order valence-corrected chi connectivity index (χ2v) is 14.0. The molecule has 0 atom stereocenters. The third-order valence-electron chi connectivity index (χ3n) is 7.51. The number of aromatic hydroxyl groups is 3. The van der Waals surface area contributed by atoms with Crippen molar-refractivity contribution in [1.29, 1.82) is 0 Å². The van der Waals surface area contributed by atoms with E-state index in [1.165, 1.54) is 17.7 Å². The van der Waals surface area contributed by atoms with Crippen LogP contribution in [0.5, 0.6) is 17.2 Å². The third-order valence-corrected chi connectivity index (χ3v) is 9.24. The zero-order chi connectivity index (χ0) is 41.1. The minimum Gasteiger partial charge on any atom is -0.506 e. The van der Waals surface area contributed by atoms with Crippen LogP contribution in [-0.4, -0.2) is 60.9 Å². The number of nitrogens with one attached hydrogen (secondary N) is 1. The van der Waals surface area contributed by atoms with Gasteiger partial charge in [-0.05, 0) is 30.5 Å². The van der Waals surface area contributed by atoms with Crippen LogP contribution in [0.15, 0.2) is 126 Å². The summed E-state index contributed by atoms with van der Waals surface area (Å²) < 4.78 is 64.9. The normalized spacial score (nSPS) is 11.1. The van der Waals surface area contributed by atoms with Gasteiger partial charge in [0.25, 0.3) is 37.2 Å². The molecule has 0 radical (unpaired) electrons. The predicted octanol–water partition coefficient (Wildman–Crippen LogP) is -2.42. The number of nitro benzene ring substituents is 2. The van der Waals surface area contributed by atoms with Crippen molar-refractivity contribution in [2.75, 3.05) is 0 Å². The molecule has 294 valence electrons. The van der Waals surface area contributed by atoms with Crippen LogP contribution >= 0.6 is 0 Å². The van der Waals surface area contributed by atoms with Gasteiger partial charge >= 0.3 is 88.7 Å². The standard InChI is InChI=1S/C16H13N5O7S.C16H11N3O7S.Cr.3Na/c1-9-14(16(23)20(19-9)10-5-3-2-4-6-10)18-17-12-7-11(21(24)25)8-13(15(12)22)29(26,27)28;20-13-6-5-9-3-1-2-4-11(9)15(13)18-17-12-7-10(19(22)23)8-14(16(12)21)27(24,25)26;;;;/h2-8,19,22H,1H3,(H,26,27,28);1-8,20-21H,(H,24,25,26);;;;/q;;;3*+1. The largest absolute Gasteiger partial charge is 1.00 e. The zero-order valence-electron chi connectivity index (χ0n) is 31.4. The van der Waals surface area contributed by atoms with Gasteiger partial charge in [-0.2, -0.15) is 16.8 Å². The Morgan fingerprint density at radius 1 is 0.650 bits per heavy atom. The fourth-order valence-corrected chi connectivity index (χ4v) is 6.12. The Balaban J connectivity index is 0.000000564. The van der Waals surface area contributed by atoms with Crippen molar-refractivity contribution in [3.63, 3.8) is 0 Å². The van der Waals surface area contributed by atoms with Crippen LogP contribution in [0.25, 0.3) is 16.5 Å². The smallest absolute Gasteiger partial charge is 0.506 e. The summed E-state index contributed by atoms with van der Waals surface area (Å²) in [6.07, 6.45) is 0. The van der Waals surface area contributed by atoms with E-state index in [4.69, 9.17) is 9.11 Å². The number of phenolic OH excluding ortho intramolecular Hbond substituents is 3. The summed E-state index contributed by atoms with van der Waals surface area (Å²) in [6, 6.07) is 21.0. The van der Waals surface area contributed by atoms with Gasteiger partial charge in [0.1, 0.15) is 32.6 Å². The monoisotopic (exact) mass is 929 g/mol. The summed E-state index contributed by atoms with van der Waals surface area (Å²) in [7, 11) is -9.91. The van der Waals surface area contributed by atoms with Crippen molar-refractivity contribution in [3.05, 3.63) is 127 Å². The van der Waals surface area contributed by atoms with Crippen LogP contribution in [0, 0.1) is 27.2 Å². The molecule has 5 aromatic carbocycles. The number of hydrogen-bond acceptors (Lipinski definition) is 16. The van der Waals surface area contributed by atoms with E-state index in [0.29, 0.717) is 28.9 Å². The maximum Gasteiger partial charge on any atom is 1.00 e. The van der Waals surface area contributed by atoms with Crippen LogP contribution in [0.2, 0.25) is 0 Å². The number of para-hydroxylation sites is 1. The fourth-order valence-electron chi connectivity index (χ4n) is 4.89. The molecule has 0 amide bonds. The summed E-state index contributed by atoms with van der Waals surface area (Å²) in [5.74, 6) is -2.29. The second kappa shape index (κ2) is 22.3. The quantitative estimate of drug-likeness (QED) is 0.0289.